The second-order valence-electron chi connectivity index (χ2n) is 3.57. The highest BCUT2D eigenvalue weighted by molar-refractivity contribution is 5.23. The summed E-state index contributed by atoms with van der Waals surface area (Å²) in [5.41, 5.74) is 2.76. The van der Waals surface area contributed by atoms with Crippen molar-refractivity contribution in [3.05, 3.63) is 35.4 Å². The Labute approximate surface area is 82.2 Å². The van der Waals surface area contributed by atoms with Crippen molar-refractivity contribution in [1.29, 1.82) is 0 Å². The Hall–Kier alpha value is -0.820. The van der Waals surface area contributed by atoms with E-state index in [9.17, 15) is 0 Å². The molecule has 0 aromatic heterocycles. The van der Waals surface area contributed by atoms with Crippen molar-refractivity contribution in [3.8, 4) is 0 Å². The van der Waals surface area contributed by atoms with E-state index >= 15 is 0 Å². The fourth-order valence-corrected chi connectivity index (χ4v) is 0.951. The molecule has 0 atom stereocenters. The first-order valence-electron chi connectivity index (χ1n) is 4.76. The summed E-state index contributed by atoms with van der Waals surface area (Å²) >= 11 is 0. The lowest BCUT2D eigenvalue weighted by atomic mass is 10.0. The molecule has 13 heavy (non-hydrogen) atoms. The Bertz CT molecular complexity index is 211. The van der Waals surface area contributed by atoms with Crippen LogP contribution >= 0.6 is 0 Å². The van der Waals surface area contributed by atoms with Gasteiger partial charge in [-0.1, -0.05) is 43.7 Å². The van der Waals surface area contributed by atoms with Gasteiger partial charge >= 0.3 is 0 Å². The first-order valence-corrected chi connectivity index (χ1v) is 4.76. The monoisotopic (exact) mass is 179 g/mol. The SMILES string of the molecule is CNC.Cc1ccc(C(C)C)cc1. The van der Waals surface area contributed by atoms with Gasteiger partial charge in [0.05, 0.1) is 0 Å². The summed E-state index contributed by atoms with van der Waals surface area (Å²) in [5.74, 6) is 0.653. The van der Waals surface area contributed by atoms with E-state index in [2.05, 4.69) is 50.4 Å². The molecular weight excluding hydrogens is 158 g/mol. The minimum atomic E-state index is 0.653. The van der Waals surface area contributed by atoms with Crippen LogP contribution in [0.4, 0.5) is 0 Å². The molecular formula is C12H21N. The molecule has 0 radical (unpaired) electrons. The normalized spacial score (nSPS) is 9.38. The van der Waals surface area contributed by atoms with Crippen LogP contribution in [0, 0.1) is 6.92 Å². The smallest absolute Gasteiger partial charge is 0.0167 e. The molecule has 0 bridgehead atoms. The summed E-state index contributed by atoms with van der Waals surface area (Å²) in [5, 5.41) is 2.75. The van der Waals surface area contributed by atoms with Crippen LogP contribution in [0.25, 0.3) is 0 Å². The van der Waals surface area contributed by atoms with Crippen LogP contribution in [0.5, 0.6) is 0 Å². The lowest BCUT2D eigenvalue weighted by molar-refractivity contribution is 0.866. The Morgan fingerprint density at radius 1 is 1.00 bits per heavy atom. The number of nitrogens with one attached hydrogen (secondary N) is 1. The van der Waals surface area contributed by atoms with E-state index in [-0.39, 0.29) is 0 Å². The Morgan fingerprint density at radius 2 is 1.38 bits per heavy atom. The van der Waals surface area contributed by atoms with Crippen LogP contribution in [-0.2, 0) is 0 Å². The van der Waals surface area contributed by atoms with Gasteiger partial charge < -0.3 is 5.32 Å². The first kappa shape index (κ1) is 12.2. The maximum atomic E-state index is 2.75. The molecule has 74 valence electrons. The standard InChI is InChI=1S/C10H14.C2H7N/c1-8(2)10-6-4-9(3)5-7-10;1-3-2/h4-8H,1-3H3;3H,1-2H3. The second-order valence-corrected chi connectivity index (χ2v) is 3.57. The van der Waals surface area contributed by atoms with Gasteiger partial charge in [-0.2, -0.15) is 0 Å². The summed E-state index contributed by atoms with van der Waals surface area (Å²) in [6.45, 7) is 6.54. The third kappa shape index (κ3) is 5.42. The van der Waals surface area contributed by atoms with E-state index in [0.29, 0.717) is 5.92 Å². The molecule has 0 spiro atoms. The lowest BCUT2D eigenvalue weighted by Gasteiger charge is -2.03. The van der Waals surface area contributed by atoms with Crippen molar-refractivity contribution in [2.24, 2.45) is 0 Å². The lowest BCUT2D eigenvalue weighted by Crippen LogP contribution is -1.89. The largest absolute Gasteiger partial charge is 0.323 e. The second kappa shape index (κ2) is 6.67. The van der Waals surface area contributed by atoms with Crippen molar-refractivity contribution in [2.45, 2.75) is 26.7 Å². The van der Waals surface area contributed by atoms with Gasteiger partial charge in [-0.15, -0.1) is 0 Å². The highest BCUT2D eigenvalue weighted by Gasteiger charge is 1.95. The third-order valence-corrected chi connectivity index (χ3v) is 1.74. The molecule has 0 fully saturated rings. The van der Waals surface area contributed by atoms with Gasteiger partial charge in [0.15, 0.2) is 0 Å². The molecule has 0 aliphatic rings. The number of benzene rings is 1. The van der Waals surface area contributed by atoms with E-state index in [1.165, 1.54) is 11.1 Å². The van der Waals surface area contributed by atoms with Crippen molar-refractivity contribution >= 4 is 0 Å². The maximum Gasteiger partial charge on any atom is -0.0167 e. The van der Waals surface area contributed by atoms with E-state index in [0.717, 1.165) is 0 Å². The van der Waals surface area contributed by atoms with Crippen molar-refractivity contribution in [2.75, 3.05) is 14.1 Å². The predicted molar refractivity (Wildman–Crippen MR) is 60.3 cm³/mol. The van der Waals surface area contributed by atoms with E-state index in [4.69, 9.17) is 0 Å². The van der Waals surface area contributed by atoms with E-state index in [1.54, 1.807) is 0 Å². The van der Waals surface area contributed by atoms with Gasteiger partial charge in [0.1, 0.15) is 0 Å². The van der Waals surface area contributed by atoms with Crippen molar-refractivity contribution < 1.29 is 0 Å². The Morgan fingerprint density at radius 3 is 1.69 bits per heavy atom. The maximum absolute atomic E-state index is 2.75. The molecule has 0 amide bonds. The molecule has 1 N–H and O–H groups in total. The molecule has 0 heterocycles. The zero-order valence-electron chi connectivity index (χ0n) is 9.39. The number of hydrogen-bond donors (Lipinski definition) is 1. The highest BCUT2D eigenvalue weighted by atomic mass is 14.7. The third-order valence-electron chi connectivity index (χ3n) is 1.74. The zero-order chi connectivity index (χ0) is 10.3. The Kier molecular flexibility index (Phi) is 6.25. The van der Waals surface area contributed by atoms with E-state index in [1.807, 2.05) is 14.1 Å². The average molecular weight is 179 g/mol. The molecule has 1 aromatic carbocycles. The topological polar surface area (TPSA) is 12.0 Å². The summed E-state index contributed by atoms with van der Waals surface area (Å²) < 4.78 is 0. The average Bonchev–Trinajstić information content (AvgIpc) is 2.06. The van der Waals surface area contributed by atoms with Gasteiger partial charge in [0.25, 0.3) is 0 Å². The van der Waals surface area contributed by atoms with Crippen molar-refractivity contribution in [3.63, 3.8) is 0 Å². The molecule has 1 nitrogen and oxygen atoms in total. The van der Waals surface area contributed by atoms with Gasteiger partial charge in [-0.3, -0.25) is 0 Å². The van der Waals surface area contributed by atoms with Crippen LogP contribution in [0.15, 0.2) is 24.3 Å². The van der Waals surface area contributed by atoms with Gasteiger partial charge in [-0.25, -0.2) is 0 Å². The molecule has 0 saturated heterocycles. The molecule has 1 heteroatoms. The first-order chi connectivity index (χ1) is 6.11. The van der Waals surface area contributed by atoms with Crippen LogP contribution in [-0.4, -0.2) is 14.1 Å². The highest BCUT2D eigenvalue weighted by Crippen LogP contribution is 2.13. The summed E-state index contributed by atoms with van der Waals surface area (Å²) in [6, 6.07) is 8.71. The summed E-state index contributed by atoms with van der Waals surface area (Å²) in [7, 11) is 3.75. The van der Waals surface area contributed by atoms with E-state index < -0.39 is 0 Å². The van der Waals surface area contributed by atoms with Gasteiger partial charge in [0.2, 0.25) is 0 Å². The molecule has 0 aliphatic heterocycles. The fraction of sp³-hybridized carbons (Fsp3) is 0.500. The van der Waals surface area contributed by atoms with Crippen molar-refractivity contribution in [1.82, 2.24) is 5.32 Å². The Balaban J connectivity index is 0.000000424. The molecule has 0 unspecified atom stereocenters. The quantitative estimate of drug-likeness (QED) is 0.699. The molecule has 0 saturated carbocycles. The minimum Gasteiger partial charge on any atom is -0.323 e. The number of hydrogen-bond acceptors (Lipinski definition) is 1. The van der Waals surface area contributed by atoms with Crippen LogP contribution in [0.3, 0.4) is 0 Å². The van der Waals surface area contributed by atoms with Gasteiger partial charge in [-0.05, 0) is 32.5 Å². The fourth-order valence-electron chi connectivity index (χ4n) is 0.951. The molecule has 1 rings (SSSR count). The van der Waals surface area contributed by atoms with Gasteiger partial charge in [0, 0.05) is 0 Å². The number of aryl methyl sites for hydroxylation is 1. The predicted octanol–water partition coefficient (Wildman–Crippen LogP) is 2.95. The van der Waals surface area contributed by atoms with Crippen LogP contribution in [0.2, 0.25) is 0 Å². The molecule has 0 aliphatic carbocycles. The van der Waals surface area contributed by atoms with Crippen LogP contribution in [0.1, 0.15) is 30.9 Å². The summed E-state index contributed by atoms with van der Waals surface area (Å²) in [6.07, 6.45) is 0. The summed E-state index contributed by atoms with van der Waals surface area (Å²) in [4.78, 5) is 0. The zero-order valence-corrected chi connectivity index (χ0v) is 9.39. The number of rotatable bonds is 1. The minimum absolute atomic E-state index is 0.653. The molecule has 1 aromatic rings. The van der Waals surface area contributed by atoms with Crippen LogP contribution < -0.4 is 5.32 Å².